The molecule has 1 aliphatic heterocycles. The van der Waals surface area contributed by atoms with Gasteiger partial charge in [-0.25, -0.2) is 4.98 Å². The maximum atomic E-state index is 4.65. The zero-order valence-electron chi connectivity index (χ0n) is 21.9. The van der Waals surface area contributed by atoms with Crippen molar-refractivity contribution in [1.82, 2.24) is 14.1 Å². The van der Waals surface area contributed by atoms with Crippen LogP contribution >= 0.6 is 0 Å². The number of para-hydroxylation sites is 3. The summed E-state index contributed by atoms with van der Waals surface area (Å²) in [6.45, 7) is 4.77. The van der Waals surface area contributed by atoms with E-state index in [-0.39, 0.29) is 21.1 Å². The van der Waals surface area contributed by atoms with Gasteiger partial charge in [-0.15, -0.1) is 11.5 Å². The van der Waals surface area contributed by atoms with Gasteiger partial charge in [0.2, 0.25) is 0 Å². The van der Waals surface area contributed by atoms with Crippen LogP contribution < -0.4 is 14.9 Å². The van der Waals surface area contributed by atoms with Gasteiger partial charge in [-0.05, 0) is 23.6 Å². The largest absolute Gasteiger partial charge is 2.00 e. The molecule has 0 fully saturated rings. The summed E-state index contributed by atoms with van der Waals surface area (Å²) < 4.78 is 6.38. The average molecular weight is 702 g/mol. The predicted octanol–water partition coefficient (Wildman–Crippen LogP) is 5.90. The third kappa shape index (κ3) is 4.06. The van der Waals surface area contributed by atoms with E-state index in [1.54, 1.807) is 0 Å². The molecule has 6 aromatic rings. The van der Waals surface area contributed by atoms with Crippen molar-refractivity contribution in [2.45, 2.75) is 13.1 Å². The number of benzene rings is 4. The maximum Gasteiger partial charge on any atom is 2.00 e. The summed E-state index contributed by atoms with van der Waals surface area (Å²) in [7, 11) is -0.0904. The Kier molecular flexibility index (Phi) is 6.31. The molecule has 0 bridgehead atoms. The molecular weight excluding hydrogens is 676 g/mol. The molecular formula is C33H26N4PtSi+2. The van der Waals surface area contributed by atoms with Gasteiger partial charge in [0.15, 0.2) is 7.05 Å². The molecule has 0 N–H and O–H groups in total. The minimum atomic E-state index is -2.13. The summed E-state index contributed by atoms with van der Waals surface area (Å²) in [6.07, 6.45) is 1.85. The predicted molar refractivity (Wildman–Crippen MR) is 158 cm³/mol. The topological polar surface area (TPSA) is 23.8 Å². The van der Waals surface area contributed by atoms with Gasteiger partial charge < -0.3 is 4.57 Å². The van der Waals surface area contributed by atoms with Gasteiger partial charge in [-0.3, -0.25) is 0 Å². The molecule has 1 aliphatic rings. The molecule has 2 aromatic heterocycles. The van der Waals surface area contributed by atoms with E-state index in [2.05, 4.69) is 130 Å². The molecule has 0 unspecified atom stereocenters. The Morgan fingerprint density at radius 2 is 1.56 bits per heavy atom. The molecule has 7 rings (SSSR count). The van der Waals surface area contributed by atoms with E-state index in [1.807, 2.05) is 30.0 Å². The smallest absolute Gasteiger partial charge is 0.349 e. The normalized spacial score (nSPS) is 12.7. The van der Waals surface area contributed by atoms with Crippen LogP contribution in [0.1, 0.15) is 0 Å². The van der Waals surface area contributed by atoms with Crippen molar-refractivity contribution in [3.05, 3.63) is 115 Å². The molecule has 0 radical (unpaired) electrons. The number of pyridine rings is 1. The zero-order valence-corrected chi connectivity index (χ0v) is 25.2. The van der Waals surface area contributed by atoms with Crippen LogP contribution in [0, 0.1) is 12.1 Å². The van der Waals surface area contributed by atoms with Gasteiger partial charge in [-0.2, -0.15) is 40.7 Å². The third-order valence-electron chi connectivity index (χ3n) is 7.58. The van der Waals surface area contributed by atoms with Gasteiger partial charge in [0, 0.05) is 23.8 Å². The van der Waals surface area contributed by atoms with Crippen molar-refractivity contribution in [3.8, 4) is 5.82 Å². The Morgan fingerprint density at radius 3 is 2.38 bits per heavy atom. The van der Waals surface area contributed by atoms with Gasteiger partial charge in [0.1, 0.15) is 11.5 Å². The third-order valence-corrected chi connectivity index (χ3v) is 10.9. The summed E-state index contributed by atoms with van der Waals surface area (Å²) >= 11 is 0. The molecule has 4 nitrogen and oxygen atoms in total. The van der Waals surface area contributed by atoms with Gasteiger partial charge >= 0.3 is 27.1 Å². The zero-order chi connectivity index (χ0) is 25.9. The fourth-order valence-corrected chi connectivity index (χ4v) is 7.66. The first kappa shape index (κ1) is 25.4. The number of hydrogen-bond acceptors (Lipinski definition) is 1. The van der Waals surface area contributed by atoms with Crippen molar-refractivity contribution in [1.29, 1.82) is 0 Å². The average Bonchev–Trinajstić information content (AvgIpc) is 3.48. The van der Waals surface area contributed by atoms with Crippen LogP contribution in [0.2, 0.25) is 13.1 Å². The first-order valence-corrected chi connectivity index (χ1v) is 15.8. The van der Waals surface area contributed by atoms with Crippen molar-refractivity contribution in [3.63, 3.8) is 0 Å². The van der Waals surface area contributed by atoms with E-state index in [0.29, 0.717) is 0 Å². The maximum absolute atomic E-state index is 4.65. The second kappa shape index (κ2) is 9.70. The number of aromatic nitrogens is 2. The van der Waals surface area contributed by atoms with Crippen LogP contribution in [0.4, 0.5) is 17.1 Å². The monoisotopic (exact) mass is 701 g/mol. The van der Waals surface area contributed by atoms with Crippen LogP contribution in [0.5, 0.6) is 0 Å². The fraction of sp³-hybridized carbons (Fsp3) is 0.0909. The Balaban J connectivity index is 0.00000277. The van der Waals surface area contributed by atoms with E-state index in [1.165, 1.54) is 21.1 Å². The Bertz CT molecular complexity index is 1950. The van der Waals surface area contributed by atoms with Crippen LogP contribution in [0.25, 0.3) is 27.6 Å². The van der Waals surface area contributed by atoms with Crippen molar-refractivity contribution in [2.24, 2.45) is 0 Å². The van der Waals surface area contributed by atoms with E-state index in [4.69, 9.17) is 0 Å². The Hall–Kier alpha value is -3.88. The number of hydrogen-bond donors (Lipinski definition) is 0. The molecule has 4 aromatic carbocycles. The van der Waals surface area contributed by atoms with Crippen molar-refractivity contribution >= 4 is 63.3 Å². The fourth-order valence-electron chi connectivity index (χ4n) is 5.48. The quantitative estimate of drug-likeness (QED) is 0.128. The number of rotatable bonds is 4. The van der Waals surface area contributed by atoms with E-state index in [9.17, 15) is 0 Å². The summed E-state index contributed by atoms with van der Waals surface area (Å²) in [5, 5.41) is 4.96. The molecule has 0 saturated carbocycles. The minimum Gasteiger partial charge on any atom is -0.349 e. The van der Waals surface area contributed by atoms with E-state index >= 15 is 0 Å². The van der Waals surface area contributed by atoms with Gasteiger partial charge in [-0.1, -0.05) is 70.2 Å². The Labute approximate surface area is 243 Å². The summed E-state index contributed by atoms with van der Waals surface area (Å²) in [5.74, 6) is 0.917. The molecule has 3 heterocycles. The van der Waals surface area contributed by atoms with E-state index in [0.717, 1.165) is 33.9 Å². The standard InChI is InChI=1S/C33H26N4Si.Pt/c1-35-23-36(32-16-7-6-15-31(32)35)24-11-10-12-25(21-24)38(2,3)26-18-19-30-28(22-26)27-13-4-5-14-29(27)37(30)33-17-8-9-20-34-33;/h4-17,19-20,22H,1-3H3;/q;+2. The van der Waals surface area contributed by atoms with Crippen LogP contribution in [-0.2, 0) is 21.1 Å². The van der Waals surface area contributed by atoms with Crippen molar-refractivity contribution < 1.29 is 25.6 Å². The summed E-state index contributed by atoms with van der Waals surface area (Å²) in [6, 6.07) is 44.9. The first-order valence-electron chi connectivity index (χ1n) is 12.8. The molecule has 0 amide bonds. The van der Waals surface area contributed by atoms with Crippen molar-refractivity contribution in [2.75, 3.05) is 7.05 Å². The van der Waals surface area contributed by atoms with Crippen LogP contribution in [0.15, 0.2) is 103 Å². The summed E-state index contributed by atoms with van der Waals surface area (Å²) in [4.78, 5) is 4.65. The molecule has 0 atom stereocenters. The van der Waals surface area contributed by atoms with Crippen LogP contribution in [0.3, 0.4) is 0 Å². The second-order valence-corrected chi connectivity index (χ2v) is 14.6. The molecule has 6 heteroatoms. The minimum absolute atomic E-state index is 0. The SMILES string of the molecule is C[N+]1=C=[N+](c2[c-]c([Si](C)(C)c3[c-]cc4c(c3)c3ccccc3n4-c3ccccn3)ccc2)c2ccccc21.[Pt+2]. The molecule has 0 aliphatic carbocycles. The molecule has 0 saturated heterocycles. The number of nitrogens with zero attached hydrogens (tertiary/aromatic N) is 4. The Morgan fingerprint density at radius 1 is 0.795 bits per heavy atom. The van der Waals surface area contributed by atoms with E-state index < -0.39 is 8.07 Å². The second-order valence-electron chi connectivity index (χ2n) is 10.2. The molecule has 190 valence electrons. The molecule has 39 heavy (non-hydrogen) atoms. The van der Waals surface area contributed by atoms with Crippen LogP contribution in [-0.4, -0.2) is 35.3 Å². The summed E-state index contributed by atoms with van der Waals surface area (Å²) in [5.41, 5.74) is 5.55. The first-order chi connectivity index (χ1) is 18.5. The number of fused-ring (bicyclic) bond motifs is 4. The van der Waals surface area contributed by atoms with Gasteiger partial charge in [0.05, 0.1) is 8.07 Å². The van der Waals surface area contributed by atoms with Gasteiger partial charge in [0.25, 0.3) is 11.4 Å². The molecule has 0 spiro atoms.